The highest BCUT2D eigenvalue weighted by atomic mass is 16.5. The van der Waals surface area contributed by atoms with Gasteiger partial charge in [-0.25, -0.2) is 0 Å². The molecule has 0 spiro atoms. The molecular weight excluding hydrogens is 240 g/mol. The summed E-state index contributed by atoms with van der Waals surface area (Å²) in [5, 5.41) is 3.29. The van der Waals surface area contributed by atoms with E-state index in [1.807, 2.05) is 43.0 Å². The summed E-state index contributed by atoms with van der Waals surface area (Å²) in [6.07, 6.45) is 0.148. The van der Waals surface area contributed by atoms with Crippen molar-refractivity contribution in [1.82, 2.24) is 10.2 Å². The maximum atomic E-state index is 12.4. The van der Waals surface area contributed by atoms with Crippen LogP contribution in [-0.2, 0) is 0 Å². The Morgan fingerprint density at radius 3 is 2.63 bits per heavy atom. The molecular formula is C15H22N2O2. The van der Waals surface area contributed by atoms with Crippen molar-refractivity contribution < 1.29 is 9.53 Å². The largest absolute Gasteiger partial charge is 0.491 e. The van der Waals surface area contributed by atoms with Crippen molar-refractivity contribution in [3.05, 3.63) is 29.8 Å². The molecule has 1 aliphatic heterocycles. The van der Waals surface area contributed by atoms with E-state index in [4.69, 9.17) is 4.74 Å². The fraction of sp³-hybridized carbons (Fsp3) is 0.533. The van der Waals surface area contributed by atoms with E-state index in [-0.39, 0.29) is 18.1 Å². The van der Waals surface area contributed by atoms with Crippen LogP contribution in [0.3, 0.4) is 0 Å². The van der Waals surface area contributed by atoms with Crippen molar-refractivity contribution in [2.75, 3.05) is 19.6 Å². The number of nitrogens with one attached hydrogen (secondary N) is 1. The van der Waals surface area contributed by atoms with Crippen molar-refractivity contribution in [2.24, 2.45) is 0 Å². The molecule has 4 nitrogen and oxygen atoms in total. The Bertz CT molecular complexity index is 428. The van der Waals surface area contributed by atoms with Crippen LogP contribution in [-0.4, -0.2) is 42.6 Å². The highest BCUT2D eigenvalue weighted by Gasteiger charge is 2.23. The lowest BCUT2D eigenvalue weighted by atomic mass is 10.1. The Morgan fingerprint density at radius 1 is 1.37 bits per heavy atom. The molecule has 0 aliphatic carbocycles. The number of ether oxygens (including phenoxy) is 1. The van der Waals surface area contributed by atoms with Crippen LogP contribution in [0.4, 0.5) is 0 Å². The first-order valence-electron chi connectivity index (χ1n) is 6.86. The predicted molar refractivity (Wildman–Crippen MR) is 75.6 cm³/mol. The number of hydrogen-bond donors (Lipinski definition) is 1. The zero-order chi connectivity index (χ0) is 13.8. The third kappa shape index (κ3) is 3.47. The van der Waals surface area contributed by atoms with E-state index >= 15 is 0 Å². The average Bonchev–Trinajstić information content (AvgIpc) is 2.39. The predicted octanol–water partition coefficient (Wildman–Crippen LogP) is 1.91. The average molecular weight is 262 g/mol. The van der Waals surface area contributed by atoms with Gasteiger partial charge in [0.15, 0.2) is 0 Å². The quantitative estimate of drug-likeness (QED) is 0.904. The van der Waals surface area contributed by atoms with E-state index in [0.29, 0.717) is 0 Å². The molecule has 0 radical (unpaired) electrons. The standard InChI is InChI=1S/C15H22N2O2/c1-11(2)19-14-6-4-13(5-7-14)15(18)17-9-8-16-10-12(17)3/h4-7,11-12,16H,8-10H2,1-3H3. The van der Waals surface area contributed by atoms with E-state index in [1.54, 1.807) is 0 Å². The van der Waals surface area contributed by atoms with Gasteiger partial charge in [0.1, 0.15) is 5.75 Å². The van der Waals surface area contributed by atoms with Gasteiger partial charge >= 0.3 is 0 Å². The first-order valence-corrected chi connectivity index (χ1v) is 6.86. The van der Waals surface area contributed by atoms with Gasteiger partial charge in [-0.3, -0.25) is 4.79 Å². The molecule has 1 aliphatic rings. The van der Waals surface area contributed by atoms with Gasteiger partial charge in [0.2, 0.25) is 0 Å². The van der Waals surface area contributed by atoms with Crippen LogP contribution >= 0.6 is 0 Å². The lowest BCUT2D eigenvalue weighted by Crippen LogP contribution is -2.52. The molecule has 19 heavy (non-hydrogen) atoms. The van der Waals surface area contributed by atoms with E-state index in [1.165, 1.54) is 0 Å². The molecule has 1 amide bonds. The second-order valence-electron chi connectivity index (χ2n) is 5.24. The molecule has 1 saturated heterocycles. The van der Waals surface area contributed by atoms with Gasteiger partial charge in [0.25, 0.3) is 5.91 Å². The van der Waals surface area contributed by atoms with Crippen LogP contribution in [0, 0.1) is 0 Å². The maximum absolute atomic E-state index is 12.4. The molecule has 1 aromatic carbocycles. The molecule has 1 unspecified atom stereocenters. The number of rotatable bonds is 3. The van der Waals surface area contributed by atoms with Crippen LogP contribution in [0.2, 0.25) is 0 Å². The molecule has 4 heteroatoms. The van der Waals surface area contributed by atoms with Gasteiger partial charge in [-0.15, -0.1) is 0 Å². The van der Waals surface area contributed by atoms with Crippen LogP contribution in [0.25, 0.3) is 0 Å². The van der Waals surface area contributed by atoms with E-state index < -0.39 is 0 Å². The smallest absolute Gasteiger partial charge is 0.254 e. The lowest BCUT2D eigenvalue weighted by molar-refractivity contribution is 0.0655. The molecule has 1 aromatic rings. The summed E-state index contributed by atoms with van der Waals surface area (Å²) < 4.78 is 5.58. The second-order valence-corrected chi connectivity index (χ2v) is 5.24. The highest BCUT2D eigenvalue weighted by Crippen LogP contribution is 2.16. The van der Waals surface area contributed by atoms with Crippen molar-refractivity contribution in [3.8, 4) is 5.75 Å². The summed E-state index contributed by atoms with van der Waals surface area (Å²) in [7, 11) is 0. The molecule has 1 atom stereocenters. The Morgan fingerprint density at radius 2 is 2.05 bits per heavy atom. The van der Waals surface area contributed by atoms with Gasteiger partial charge in [-0.2, -0.15) is 0 Å². The van der Waals surface area contributed by atoms with Crippen molar-refractivity contribution in [2.45, 2.75) is 32.9 Å². The third-order valence-corrected chi connectivity index (χ3v) is 3.24. The van der Waals surface area contributed by atoms with E-state index in [9.17, 15) is 4.79 Å². The van der Waals surface area contributed by atoms with Crippen LogP contribution in [0.15, 0.2) is 24.3 Å². The zero-order valence-electron chi connectivity index (χ0n) is 11.8. The number of benzene rings is 1. The summed E-state index contributed by atoms with van der Waals surface area (Å²) in [4.78, 5) is 14.3. The van der Waals surface area contributed by atoms with Crippen molar-refractivity contribution in [1.29, 1.82) is 0 Å². The van der Waals surface area contributed by atoms with Gasteiger partial charge < -0.3 is 15.0 Å². The number of carbonyl (C=O) groups is 1. The topological polar surface area (TPSA) is 41.6 Å². The molecule has 0 bridgehead atoms. The Kier molecular flexibility index (Phi) is 4.43. The van der Waals surface area contributed by atoms with Gasteiger partial charge in [-0.1, -0.05) is 0 Å². The van der Waals surface area contributed by atoms with Crippen LogP contribution in [0.5, 0.6) is 5.75 Å². The maximum Gasteiger partial charge on any atom is 0.254 e. The molecule has 1 N–H and O–H groups in total. The number of carbonyl (C=O) groups excluding carboxylic acids is 1. The summed E-state index contributed by atoms with van der Waals surface area (Å²) in [6.45, 7) is 8.54. The minimum atomic E-state index is 0.102. The monoisotopic (exact) mass is 262 g/mol. The van der Waals surface area contributed by atoms with Gasteiger partial charge in [-0.05, 0) is 45.0 Å². The molecule has 104 valence electrons. The third-order valence-electron chi connectivity index (χ3n) is 3.24. The molecule has 1 heterocycles. The summed E-state index contributed by atoms with van der Waals surface area (Å²) in [6, 6.07) is 7.65. The summed E-state index contributed by atoms with van der Waals surface area (Å²) in [5.41, 5.74) is 0.727. The first-order chi connectivity index (χ1) is 9.08. The fourth-order valence-electron chi connectivity index (χ4n) is 2.26. The fourth-order valence-corrected chi connectivity index (χ4v) is 2.26. The Labute approximate surface area is 114 Å². The molecule has 2 rings (SSSR count). The zero-order valence-corrected chi connectivity index (χ0v) is 11.8. The van der Waals surface area contributed by atoms with Gasteiger partial charge in [0, 0.05) is 31.2 Å². The van der Waals surface area contributed by atoms with Crippen molar-refractivity contribution in [3.63, 3.8) is 0 Å². The summed E-state index contributed by atoms with van der Waals surface area (Å²) >= 11 is 0. The highest BCUT2D eigenvalue weighted by molar-refractivity contribution is 5.94. The minimum absolute atomic E-state index is 0.102. The summed E-state index contributed by atoms with van der Waals surface area (Å²) in [5.74, 6) is 0.907. The molecule has 1 fully saturated rings. The van der Waals surface area contributed by atoms with Crippen molar-refractivity contribution >= 4 is 5.91 Å². The first kappa shape index (κ1) is 13.9. The number of nitrogens with zero attached hydrogens (tertiary/aromatic N) is 1. The normalized spacial score (nSPS) is 19.6. The SMILES string of the molecule is CC(C)Oc1ccc(C(=O)N2CCNCC2C)cc1. The molecule has 0 aromatic heterocycles. The van der Waals surface area contributed by atoms with Gasteiger partial charge in [0.05, 0.1) is 6.10 Å². The van der Waals surface area contributed by atoms with Crippen LogP contribution in [0.1, 0.15) is 31.1 Å². The minimum Gasteiger partial charge on any atom is -0.491 e. The van der Waals surface area contributed by atoms with E-state index in [2.05, 4.69) is 12.2 Å². The van der Waals surface area contributed by atoms with Crippen LogP contribution < -0.4 is 10.1 Å². The number of amides is 1. The Hall–Kier alpha value is -1.55. The second kappa shape index (κ2) is 6.06. The molecule has 0 saturated carbocycles. The number of hydrogen-bond acceptors (Lipinski definition) is 3. The number of piperazine rings is 1. The Balaban J connectivity index is 2.06. The van der Waals surface area contributed by atoms with E-state index in [0.717, 1.165) is 30.9 Å². The lowest BCUT2D eigenvalue weighted by Gasteiger charge is -2.34.